The first-order valence-corrected chi connectivity index (χ1v) is 10.8. The number of methoxy groups -OCH3 is 1. The summed E-state index contributed by atoms with van der Waals surface area (Å²) in [6, 6.07) is 10.9. The molecule has 10 heteroatoms. The van der Waals surface area contributed by atoms with E-state index in [1.165, 1.54) is 26.2 Å². The maximum absolute atomic E-state index is 14.0. The molecule has 178 valence electrons. The van der Waals surface area contributed by atoms with E-state index in [0.717, 1.165) is 0 Å². The number of ether oxygens (including phenoxy) is 3. The zero-order valence-corrected chi connectivity index (χ0v) is 19.6. The first-order valence-electron chi connectivity index (χ1n) is 10.8. The van der Waals surface area contributed by atoms with E-state index in [-0.39, 0.29) is 6.42 Å². The second-order valence-corrected chi connectivity index (χ2v) is 9.07. The number of aliphatic hydroxyl groups is 2. The summed E-state index contributed by atoms with van der Waals surface area (Å²) in [4.78, 5) is 11.5. The van der Waals surface area contributed by atoms with E-state index >= 15 is 0 Å². The molecule has 1 saturated heterocycles. The van der Waals surface area contributed by atoms with Crippen molar-refractivity contribution >= 4 is 21.6 Å². The third kappa shape index (κ3) is 5.99. The number of carbonyl (C=O) groups is 1. The van der Waals surface area contributed by atoms with Crippen molar-refractivity contribution in [3.8, 4) is 16.9 Å². The van der Waals surface area contributed by atoms with Crippen molar-refractivity contribution in [2.24, 2.45) is 0 Å². The molecule has 2 aromatic carbocycles. The number of rotatable bonds is 7. The standard InChI is InChI=1S/C24H28B2FNO6/c1-13(29)28-24(25,26)12-15-8-9-17(11-18(15)14-6-5-7-16(27)10-14)33-22-20(31)19(30)21(32-4)23(2,3)34-22/h5-11,19-22,30-31H,12H2,1-4H3,(H,28,29)/t19-,20+,21+,22+/m0/s1. The SMILES string of the molecule is [B]C([B])(Cc1ccc(O[C@@H]2OC(C)(C)[C@H](OC)[C@@H](O)[C@H]2O)cc1-c1cccc(F)c1)NC(C)=O. The van der Waals surface area contributed by atoms with Crippen molar-refractivity contribution in [2.45, 2.75) is 62.7 Å². The monoisotopic (exact) mass is 467 g/mol. The van der Waals surface area contributed by atoms with Gasteiger partial charge in [0.15, 0.2) is 0 Å². The number of hydrogen-bond donors (Lipinski definition) is 3. The van der Waals surface area contributed by atoms with Crippen LogP contribution in [0.5, 0.6) is 5.75 Å². The van der Waals surface area contributed by atoms with E-state index in [9.17, 15) is 19.4 Å². The van der Waals surface area contributed by atoms with Crippen LogP contribution < -0.4 is 10.1 Å². The Morgan fingerprint density at radius 2 is 1.91 bits per heavy atom. The largest absolute Gasteiger partial charge is 0.462 e. The van der Waals surface area contributed by atoms with Crippen LogP contribution in [0.1, 0.15) is 26.3 Å². The van der Waals surface area contributed by atoms with Crippen LogP contribution in [0.3, 0.4) is 0 Å². The van der Waals surface area contributed by atoms with Gasteiger partial charge in [-0.05, 0) is 66.6 Å². The molecule has 34 heavy (non-hydrogen) atoms. The summed E-state index contributed by atoms with van der Waals surface area (Å²) >= 11 is 0. The van der Waals surface area contributed by atoms with Gasteiger partial charge in [-0.15, -0.1) is 0 Å². The quantitative estimate of drug-likeness (QED) is 0.534. The Morgan fingerprint density at radius 1 is 1.21 bits per heavy atom. The fourth-order valence-electron chi connectivity index (χ4n) is 4.23. The lowest BCUT2D eigenvalue weighted by atomic mass is 9.58. The topological polar surface area (TPSA) is 97.2 Å². The summed E-state index contributed by atoms with van der Waals surface area (Å²) in [5.41, 5.74) is 0.772. The van der Waals surface area contributed by atoms with Gasteiger partial charge in [0.25, 0.3) is 0 Å². The zero-order valence-electron chi connectivity index (χ0n) is 19.6. The van der Waals surface area contributed by atoms with Crippen molar-refractivity contribution in [3.05, 3.63) is 53.8 Å². The number of nitrogens with one attached hydrogen (secondary N) is 1. The minimum absolute atomic E-state index is 0.0442. The Balaban J connectivity index is 1.95. The lowest BCUT2D eigenvalue weighted by Gasteiger charge is -2.46. The van der Waals surface area contributed by atoms with Crippen LogP contribution in [-0.4, -0.2) is 74.5 Å². The van der Waals surface area contributed by atoms with Gasteiger partial charge in [0.2, 0.25) is 12.2 Å². The summed E-state index contributed by atoms with van der Waals surface area (Å²) in [5, 5.41) is 22.0. The number of aliphatic hydroxyl groups excluding tert-OH is 2. The predicted molar refractivity (Wildman–Crippen MR) is 126 cm³/mol. The smallest absolute Gasteiger partial charge is 0.229 e. The maximum Gasteiger partial charge on any atom is 0.229 e. The van der Waals surface area contributed by atoms with Gasteiger partial charge < -0.3 is 29.7 Å². The normalized spacial score (nSPS) is 24.4. The molecule has 7 nitrogen and oxygen atoms in total. The van der Waals surface area contributed by atoms with Crippen molar-refractivity contribution < 1.29 is 33.6 Å². The first-order chi connectivity index (χ1) is 15.8. The Kier molecular flexibility index (Phi) is 7.77. The van der Waals surface area contributed by atoms with Crippen molar-refractivity contribution in [2.75, 3.05) is 7.11 Å². The summed E-state index contributed by atoms with van der Waals surface area (Å²) in [5.74, 6) is -0.536. The molecular weight excluding hydrogens is 439 g/mol. The molecule has 0 aliphatic carbocycles. The summed E-state index contributed by atoms with van der Waals surface area (Å²) in [7, 11) is 13.5. The lowest BCUT2D eigenvalue weighted by molar-refractivity contribution is -0.305. The van der Waals surface area contributed by atoms with Crippen LogP contribution in [0.2, 0.25) is 0 Å². The van der Waals surface area contributed by atoms with Crippen LogP contribution in [0.15, 0.2) is 42.5 Å². The molecule has 1 aliphatic heterocycles. The van der Waals surface area contributed by atoms with Crippen LogP contribution >= 0.6 is 0 Å². The first kappa shape index (κ1) is 26.2. The molecule has 1 aliphatic rings. The molecule has 3 rings (SSSR count). The Bertz CT molecular complexity index is 1030. The predicted octanol–water partition coefficient (Wildman–Crippen LogP) is 1.41. The summed E-state index contributed by atoms with van der Waals surface area (Å²) < 4.78 is 31.0. The molecular formula is C24H28B2FNO6. The molecule has 2 aromatic rings. The molecule has 4 atom stereocenters. The highest BCUT2D eigenvalue weighted by Gasteiger charge is 2.50. The number of halogens is 1. The average Bonchev–Trinajstić information content (AvgIpc) is 2.71. The molecule has 4 radical (unpaired) electrons. The Hall–Kier alpha value is -2.39. The molecule has 0 unspecified atom stereocenters. The number of benzene rings is 2. The van der Waals surface area contributed by atoms with E-state index < -0.39 is 47.3 Å². The summed E-state index contributed by atoms with van der Waals surface area (Å²) in [6.45, 7) is 4.74. The van der Waals surface area contributed by atoms with Gasteiger partial charge in [-0.1, -0.05) is 18.2 Å². The minimum Gasteiger partial charge on any atom is -0.462 e. The van der Waals surface area contributed by atoms with E-state index in [1.807, 2.05) is 0 Å². The number of amides is 1. The van der Waals surface area contributed by atoms with Gasteiger partial charge in [-0.2, -0.15) is 0 Å². The van der Waals surface area contributed by atoms with Crippen molar-refractivity contribution in [3.63, 3.8) is 0 Å². The number of hydrogen-bond acceptors (Lipinski definition) is 6. The molecule has 0 spiro atoms. The third-order valence-corrected chi connectivity index (χ3v) is 5.66. The highest BCUT2D eigenvalue weighted by atomic mass is 19.1. The molecule has 3 N–H and O–H groups in total. The maximum atomic E-state index is 14.0. The van der Waals surface area contributed by atoms with Crippen LogP contribution in [-0.2, 0) is 20.7 Å². The van der Waals surface area contributed by atoms with Gasteiger partial charge in [0.1, 0.15) is 29.9 Å². The van der Waals surface area contributed by atoms with E-state index in [0.29, 0.717) is 22.4 Å². The Morgan fingerprint density at radius 3 is 2.53 bits per heavy atom. The highest BCUT2D eigenvalue weighted by molar-refractivity contribution is 6.41. The van der Waals surface area contributed by atoms with Gasteiger partial charge in [0, 0.05) is 14.0 Å². The second kappa shape index (κ2) is 10.1. The molecule has 0 bridgehead atoms. The van der Waals surface area contributed by atoms with Crippen LogP contribution in [0, 0.1) is 5.82 Å². The molecule has 1 fully saturated rings. The lowest BCUT2D eigenvalue weighted by Crippen LogP contribution is -2.63. The van der Waals surface area contributed by atoms with Gasteiger partial charge in [0.05, 0.1) is 21.3 Å². The molecule has 1 amide bonds. The zero-order chi connectivity index (χ0) is 25.3. The van der Waals surface area contributed by atoms with E-state index in [2.05, 4.69) is 5.32 Å². The highest BCUT2D eigenvalue weighted by Crippen LogP contribution is 2.35. The van der Waals surface area contributed by atoms with Gasteiger partial charge >= 0.3 is 0 Å². The van der Waals surface area contributed by atoms with Gasteiger partial charge in [-0.25, -0.2) is 4.39 Å². The fraction of sp³-hybridized carbons (Fsp3) is 0.458. The van der Waals surface area contributed by atoms with Gasteiger partial charge in [-0.3, -0.25) is 4.79 Å². The minimum atomic E-state index is -1.54. The molecule has 1 heterocycles. The summed E-state index contributed by atoms with van der Waals surface area (Å²) in [6.07, 6.45) is -4.53. The van der Waals surface area contributed by atoms with Crippen molar-refractivity contribution in [1.29, 1.82) is 0 Å². The second-order valence-electron chi connectivity index (χ2n) is 9.07. The van der Waals surface area contributed by atoms with Crippen LogP contribution in [0.25, 0.3) is 11.1 Å². The van der Waals surface area contributed by atoms with E-state index in [1.54, 1.807) is 44.2 Å². The number of carbonyl (C=O) groups excluding carboxylic acids is 1. The third-order valence-electron chi connectivity index (χ3n) is 5.66. The Labute approximate surface area is 201 Å². The van der Waals surface area contributed by atoms with Crippen LogP contribution in [0.4, 0.5) is 4.39 Å². The average molecular weight is 467 g/mol. The molecule has 0 saturated carbocycles. The fourth-order valence-corrected chi connectivity index (χ4v) is 4.23. The molecule has 0 aromatic heterocycles. The van der Waals surface area contributed by atoms with E-state index in [4.69, 9.17) is 29.9 Å². The van der Waals surface area contributed by atoms with Crippen molar-refractivity contribution in [1.82, 2.24) is 5.32 Å².